The number of methoxy groups -OCH3 is 1. The van der Waals surface area contributed by atoms with Crippen molar-refractivity contribution in [2.75, 3.05) is 33.3 Å². The van der Waals surface area contributed by atoms with Gasteiger partial charge in [-0.1, -0.05) is 0 Å². The Labute approximate surface area is 135 Å². The zero-order valence-corrected chi connectivity index (χ0v) is 14.9. The molecule has 0 aromatic heterocycles. The number of halogens is 1. The Balaban J connectivity index is 2.17. The maximum Gasteiger partial charge on any atom is 0.243 e. The molecule has 21 heavy (non-hydrogen) atoms. The Morgan fingerprint density at radius 3 is 2.29 bits per heavy atom. The highest BCUT2D eigenvalue weighted by atomic mass is 79.9. The van der Waals surface area contributed by atoms with Gasteiger partial charge in [-0.05, 0) is 48.0 Å². The zero-order chi connectivity index (χ0) is 15.6. The number of sulfonamides is 1. The normalized spacial score (nSPS) is 18.1. The van der Waals surface area contributed by atoms with E-state index in [2.05, 4.69) is 34.7 Å². The first-order valence-electron chi connectivity index (χ1n) is 6.94. The second-order valence-electron chi connectivity index (χ2n) is 5.33. The molecule has 1 aromatic rings. The van der Waals surface area contributed by atoms with Crippen molar-refractivity contribution in [1.82, 2.24) is 9.21 Å². The molecule has 0 aliphatic carbocycles. The lowest BCUT2D eigenvalue weighted by molar-refractivity contribution is 0.154. The number of benzene rings is 1. The monoisotopic (exact) mass is 376 g/mol. The molecule has 0 amide bonds. The van der Waals surface area contributed by atoms with E-state index in [4.69, 9.17) is 4.74 Å². The summed E-state index contributed by atoms with van der Waals surface area (Å²) in [6, 6.07) is 5.31. The van der Waals surface area contributed by atoms with Gasteiger partial charge in [0.25, 0.3) is 0 Å². The van der Waals surface area contributed by atoms with Crippen molar-refractivity contribution in [3.05, 3.63) is 22.7 Å². The molecular weight excluding hydrogens is 356 g/mol. The van der Waals surface area contributed by atoms with E-state index in [1.165, 1.54) is 0 Å². The van der Waals surface area contributed by atoms with Crippen LogP contribution in [0.2, 0.25) is 0 Å². The van der Waals surface area contributed by atoms with E-state index in [-0.39, 0.29) is 0 Å². The maximum absolute atomic E-state index is 12.7. The Morgan fingerprint density at radius 1 is 1.19 bits per heavy atom. The standard InChI is InChI=1S/C14H21BrN2O3S/c1-11(2)16-6-8-17(9-7-16)21(18,19)12-4-5-14(20-3)13(15)10-12/h4-5,10-11H,6-9H2,1-3H3. The fraction of sp³-hybridized carbons (Fsp3) is 0.571. The molecule has 7 heteroatoms. The van der Waals surface area contributed by atoms with Crippen molar-refractivity contribution in [1.29, 1.82) is 0 Å². The minimum atomic E-state index is -3.44. The number of piperazine rings is 1. The van der Waals surface area contributed by atoms with Crippen molar-refractivity contribution < 1.29 is 13.2 Å². The predicted octanol–water partition coefficient (Wildman–Crippen LogP) is 2.17. The molecule has 0 saturated carbocycles. The number of rotatable bonds is 4. The molecule has 1 saturated heterocycles. The average Bonchev–Trinajstić information content (AvgIpc) is 2.47. The Kier molecular flexibility index (Phi) is 5.29. The molecule has 0 bridgehead atoms. The van der Waals surface area contributed by atoms with Crippen molar-refractivity contribution in [3.63, 3.8) is 0 Å². The predicted molar refractivity (Wildman–Crippen MR) is 86.2 cm³/mol. The van der Waals surface area contributed by atoms with Crippen LogP contribution in [0.15, 0.2) is 27.6 Å². The lowest BCUT2D eigenvalue weighted by Gasteiger charge is -2.36. The fourth-order valence-corrected chi connectivity index (χ4v) is 4.56. The molecule has 1 aliphatic heterocycles. The molecule has 1 fully saturated rings. The van der Waals surface area contributed by atoms with Gasteiger partial charge in [0.05, 0.1) is 16.5 Å². The summed E-state index contributed by atoms with van der Waals surface area (Å²) >= 11 is 3.34. The molecule has 5 nitrogen and oxygen atoms in total. The SMILES string of the molecule is COc1ccc(S(=O)(=O)N2CCN(C(C)C)CC2)cc1Br. The van der Waals surface area contributed by atoms with Gasteiger partial charge in [-0.3, -0.25) is 4.90 Å². The molecule has 1 heterocycles. The van der Waals surface area contributed by atoms with Crippen LogP contribution in [0, 0.1) is 0 Å². The minimum Gasteiger partial charge on any atom is -0.496 e. The largest absolute Gasteiger partial charge is 0.496 e. The summed E-state index contributed by atoms with van der Waals surface area (Å²) in [5.74, 6) is 0.624. The molecule has 0 unspecified atom stereocenters. The van der Waals surface area contributed by atoms with Crippen LogP contribution < -0.4 is 4.74 Å². The second kappa shape index (κ2) is 6.64. The van der Waals surface area contributed by atoms with Crippen molar-refractivity contribution in [2.45, 2.75) is 24.8 Å². The van der Waals surface area contributed by atoms with Gasteiger partial charge in [0.15, 0.2) is 0 Å². The highest BCUT2D eigenvalue weighted by molar-refractivity contribution is 9.10. The third-order valence-corrected chi connectivity index (χ3v) is 6.28. The summed E-state index contributed by atoms with van der Waals surface area (Å²) in [7, 11) is -1.88. The van der Waals surface area contributed by atoms with Crippen molar-refractivity contribution in [3.8, 4) is 5.75 Å². The van der Waals surface area contributed by atoms with Crippen LogP contribution in [0.3, 0.4) is 0 Å². The smallest absolute Gasteiger partial charge is 0.243 e. The number of hydrogen-bond acceptors (Lipinski definition) is 4. The van der Waals surface area contributed by atoms with Crippen LogP contribution >= 0.6 is 15.9 Å². The second-order valence-corrected chi connectivity index (χ2v) is 8.12. The first-order valence-corrected chi connectivity index (χ1v) is 9.17. The summed E-state index contributed by atoms with van der Waals surface area (Å²) in [6.45, 7) is 6.87. The Bertz CT molecular complexity index is 596. The van der Waals surface area contributed by atoms with Crippen LogP contribution in [0.4, 0.5) is 0 Å². The molecule has 0 radical (unpaired) electrons. The van der Waals surface area contributed by atoms with Gasteiger partial charge in [0.1, 0.15) is 5.75 Å². The molecule has 1 aliphatic rings. The van der Waals surface area contributed by atoms with E-state index in [1.807, 2.05) is 0 Å². The van der Waals surface area contributed by atoms with Crippen LogP contribution in [0.25, 0.3) is 0 Å². The number of nitrogens with zero attached hydrogens (tertiary/aromatic N) is 2. The van der Waals surface area contributed by atoms with E-state index in [1.54, 1.807) is 29.6 Å². The average molecular weight is 377 g/mol. The third-order valence-electron chi connectivity index (χ3n) is 3.76. The summed E-state index contributed by atoms with van der Waals surface area (Å²) in [5, 5.41) is 0. The van der Waals surface area contributed by atoms with E-state index >= 15 is 0 Å². The molecule has 2 rings (SSSR count). The lowest BCUT2D eigenvalue weighted by Crippen LogP contribution is -2.50. The van der Waals surface area contributed by atoms with E-state index in [0.29, 0.717) is 34.2 Å². The van der Waals surface area contributed by atoms with Crippen LogP contribution in [0.5, 0.6) is 5.75 Å². The topological polar surface area (TPSA) is 49.9 Å². The first-order chi connectivity index (χ1) is 9.86. The van der Waals surface area contributed by atoms with Crippen LogP contribution in [-0.4, -0.2) is 57.0 Å². The molecular formula is C14H21BrN2O3S. The molecule has 0 atom stereocenters. The fourth-order valence-electron chi connectivity index (χ4n) is 2.42. The van der Waals surface area contributed by atoms with Gasteiger partial charge in [-0.25, -0.2) is 8.42 Å². The molecule has 0 N–H and O–H groups in total. The van der Waals surface area contributed by atoms with E-state index in [0.717, 1.165) is 13.1 Å². The summed E-state index contributed by atoms with van der Waals surface area (Å²) < 4.78 is 32.7. The lowest BCUT2D eigenvalue weighted by atomic mass is 10.3. The third kappa shape index (κ3) is 3.59. The van der Waals surface area contributed by atoms with Crippen LogP contribution in [0.1, 0.15) is 13.8 Å². The van der Waals surface area contributed by atoms with E-state index < -0.39 is 10.0 Å². The Hall–Kier alpha value is -0.630. The summed E-state index contributed by atoms with van der Waals surface area (Å²) in [4.78, 5) is 2.59. The summed E-state index contributed by atoms with van der Waals surface area (Å²) in [5.41, 5.74) is 0. The van der Waals surface area contributed by atoms with Gasteiger partial charge in [-0.15, -0.1) is 0 Å². The van der Waals surface area contributed by atoms with Gasteiger partial charge in [0.2, 0.25) is 10.0 Å². The molecule has 118 valence electrons. The molecule has 1 aromatic carbocycles. The Morgan fingerprint density at radius 2 is 1.81 bits per heavy atom. The van der Waals surface area contributed by atoms with Gasteiger partial charge in [0, 0.05) is 32.2 Å². The highest BCUT2D eigenvalue weighted by Gasteiger charge is 2.29. The maximum atomic E-state index is 12.7. The molecule has 0 spiro atoms. The van der Waals surface area contributed by atoms with E-state index in [9.17, 15) is 8.42 Å². The minimum absolute atomic E-state index is 0.299. The van der Waals surface area contributed by atoms with Crippen molar-refractivity contribution in [2.24, 2.45) is 0 Å². The summed E-state index contributed by atoms with van der Waals surface area (Å²) in [6.07, 6.45) is 0. The van der Waals surface area contributed by atoms with Gasteiger partial charge < -0.3 is 4.74 Å². The van der Waals surface area contributed by atoms with Crippen LogP contribution in [-0.2, 0) is 10.0 Å². The highest BCUT2D eigenvalue weighted by Crippen LogP contribution is 2.29. The number of ether oxygens (including phenoxy) is 1. The van der Waals surface area contributed by atoms with Gasteiger partial charge in [-0.2, -0.15) is 4.31 Å². The van der Waals surface area contributed by atoms with Gasteiger partial charge >= 0.3 is 0 Å². The number of hydrogen-bond donors (Lipinski definition) is 0. The quantitative estimate of drug-likeness (QED) is 0.807. The van der Waals surface area contributed by atoms with Crippen molar-refractivity contribution >= 4 is 26.0 Å². The zero-order valence-electron chi connectivity index (χ0n) is 12.5. The first kappa shape index (κ1) is 16.7.